The van der Waals surface area contributed by atoms with E-state index >= 15 is 0 Å². The molecule has 1 rings (SSSR count). The number of nitrogens with zero attached hydrogens (tertiary/aromatic N) is 1. The van der Waals surface area contributed by atoms with Crippen molar-refractivity contribution in [2.45, 2.75) is 59.8 Å². The minimum absolute atomic E-state index is 0.00483. The highest BCUT2D eigenvalue weighted by molar-refractivity contribution is 6.00. The summed E-state index contributed by atoms with van der Waals surface area (Å²) in [6, 6.07) is 6.24. The van der Waals surface area contributed by atoms with Crippen LogP contribution in [-0.4, -0.2) is 11.6 Å². The van der Waals surface area contributed by atoms with E-state index in [4.69, 9.17) is 0 Å². The number of carbonyl (C=O) groups is 1. The molecule has 0 bridgehead atoms. The zero-order valence-corrected chi connectivity index (χ0v) is 13.1. The fourth-order valence-corrected chi connectivity index (χ4v) is 2.19. The summed E-state index contributed by atoms with van der Waals surface area (Å²) in [5.74, 6) is 0.00483. The highest BCUT2D eigenvalue weighted by Gasteiger charge is 2.04. The number of unbranched alkanes of at least 4 members (excludes halogenated alkanes) is 3. The number of carbonyl (C=O) groups excluding carboxylic acids is 1. The molecule has 3 nitrogen and oxygen atoms in total. The van der Waals surface area contributed by atoms with Crippen LogP contribution in [0.15, 0.2) is 23.3 Å². The summed E-state index contributed by atoms with van der Waals surface area (Å²) in [6.45, 7) is 8.22. The highest BCUT2D eigenvalue weighted by Crippen LogP contribution is 2.11. The number of amides is 1. The van der Waals surface area contributed by atoms with Gasteiger partial charge in [0.15, 0.2) is 0 Å². The lowest BCUT2D eigenvalue weighted by atomic mass is 10.0. The molecule has 3 heteroatoms. The van der Waals surface area contributed by atoms with E-state index < -0.39 is 0 Å². The highest BCUT2D eigenvalue weighted by atomic mass is 16.2. The fourth-order valence-electron chi connectivity index (χ4n) is 2.19. The van der Waals surface area contributed by atoms with Crippen molar-refractivity contribution in [2.24, 2.45) is 5.10 Å². The molecule has 0 unspecified atom stereocenters. The lowest BCUT2D eigenvalue weighted by Gasteiger charge is -2.07. The van der Waals surface area contributed by atoms with Gasteiger partial charge in [0.1, 0.15) is 0 Å². The van der Waals surface area contributed by atoms with Gasteiger partial charge in [-0.3, -0.25) is 4.79 Å². The van der Waals surface area contributed by atoms with Gasteiger partial charge in [0.25, 0.3) is 0 Å². The topological polar surface area (TPSA) is 41.5 Å². The number of hydrazone groups is 1. The number of nitrogens with one attached hydrogen (secondary N) is 1. The molecular formula is C17H26N2O. The van der Waals surface area contributed by atoms with Gasteiger partial charge < -0.3 is 0 Å². The van der Waals surface area contributed by atoms with E-state index in [1.54, 1.807) is 0 Å². The van der Waals surface area contributed by atoms with Crippen LogP contribution < -0.4 is 5.43 Å². The van der Waals surface area contributed by atoms with Crippen LogP contribution in [0.4, 0.5) is 0 Å². The second-order valence-electron chi connectivity index (χ2n) is 5.36. The molecule has 0 spiro atoms. The number of aryl methyl sites for hydroxylation is 2. The summed E-state index contributed by atoms with van der Waals surface area (Å²) in [6.07, 6.45) is 4.99. The zero-order valence-electron chi connectivity index (χ0n) is 13.1. The first-order valence-electron chi connectivity index (χ1n) is 7.45. The molecule has 0 saturated heterocycles. The monoisotopic (exact) mass is 274 g/mol. The molecule has 20 heavy (non-hydrogen) atoms. The Kier molecular flexibility index (Phi) is 6.99. The lowest BCUT2D eigenvalue weighted by molar-refractivity contribution is -0.121. The van der Waals surface area contributed by atoms with Crippen LogP contribution in [0.25, 0.3) is 0 Å². The minimum atomic E-state index is 0.00483. The van der Waals surface area contributed by atoms with Gasteiger partial charge in [-0.1, -0.05) is 49.9 Å². The standard InChI is InChI=1S/C17H26N2O/c1-5-6-7-8-9-17(20)19-18-15(4)16-11-10-13(2)12-14(16)3/h10-12H,5-9H2,1-4H3,(H,19,20). The Morgan fingerprint density at radius 3 is 2.60 bits per heavy atom. The molecule has 0 heterocycles. The van der Waals surface area contributed by atoms with Crippen molar-refractivity contribution in [3.63, 3.8) is 0 Å². The van der Waals surface area contributed by atoms with Crippen LogP contribution in [0.3, 0.4) is 0 Å². The largest absolute Gasteiger partial charge is 0.273 e. The summed E-state index contributed by atoms with van der Waals surface area (Å²) >= 11 is 0. The minimum Gasteiger partial charge on any atom is -0.273 e. The van der Waals surface area contributed by atoms with Gasteiger partial charge in [0.05, 0.1) is 5.71 Å². The van der Waals surface area contributed by atoms with Gasteiger partial charge in [-0.25, -0.2) is 5.43 Å². The quantitative estimate of drug-likeness (QED) is 0.453. The van der Waals surface area contributed by atoms with Crippen LogP contribution in [0, 0.1) is 13.8 Å². The number of benzene rings is 1. The summed E-state index contributed by atoms with van der Waals surface area (Å²) in [4.78, 5) is 11.7. The van der Waals surface area contributed by atoms with Crippen LogP contribution in [0.5, 0.6) is 0 Å². The van der Waals surface area contributed by atoms with Crippen LogP contribution >= 0.6 is 0 Å². The maximum Gasteiger partial charge on any atom is 0.240 e. The molecule has 1 aromatic rings. The van der Waals surface area contributed by atoms with E-state index in [1.165, 1.54) is 24.0 Å². The van der Waals surface area contributed by atoms with E-state index in [-0.39, 0.29) is 5.91 Å². The lowest BCUT2D eigenvalue weighted by Crippen LogP contribution is -2.19. The first kappa shape index (κ1) is 16.4. The zero-order chi connectivity index (χ0) is 15.0. The van der Waals surface area contributed by atoms with Crippen molar-refractivity contribution in [1.29, 1.82) is 0 Å². The Balaban J connectivity index is 2.50. The Bertz CT molecular complexity index is 478. The Labute approximate surface area is 122 Å². The van der Waals surface area contributed by atoms with E-state index in [1.807, 2.05) is 6.92 Å². The van der Waals surface area contributed by atoms with E-state index in [2.05, 4.69) is 49.5 Å². The van der Waals surface area contributed by atoms with Crippen molar-refractivity contribution < 1.29 is 4.79 Å². The molecule has 0 radical (unpaired) electrons. The van der Waals surface area contributed by atoms with Gasteiger partial charge in [-0.2, -0.15) is 5.10 Å². The Morgan fingerprint density at radius 1 is 1.20 bits per heavy atom. The summed E-state index contributed by atoms with van der Waals surface area (Å²) in [5.41, 5.74) is 7.00. The molecule has 110 valence electrons. The van der Waals surface area contributed by atoms with Crippen molar-refractivity contribution in [2.75, 3.05) is 0 Å². The smallest absolute Gasteiger partial charge is 0.240 e. The van der Waals surface area contributed by atoms with Gasteiger partial charge in [-0.05, 0) is 32.8 Å². The average molecular weight is 274 g/mol. The third kappa shape index (κ3) is 5.55. The van der Waals surface area contributed by atoms with Crippen molar-refractivity contribution in [1.82, 2.24) is 5.43 Å². The van der Waals surface area contributed by atoms with Crippen LogP contribution in [0.1, 0.15) is 62.6 Å². The normalized spacial score (nSPS) is 11.5. The molecule has 0 saturated carbocycles. The first-order valence-corrected chi connectivity index (χ1v) is 7.45. The van der Waals surface area contributed by atoms with Crippen LogP contribution in [0.2, 0.25) is 0 Å². The first-order chi connectivity index (χ1) is 9.54. The Morgan fingerprint density at radius 2 is 1.95 bits per heavy atom. The summed E-state index contributed by atoms with van der Waals surface area (Å²) < 4.78 is 0. The average Bonchev–Trinajstić information content (AvgIpc) is 2.41. The van der Waals surface area contributed by atoms with Gasteiger partial charge >= 0.3 is 0 Å². The van der Waals surface area contributed by atoms with E-state index in [9.17, 15) is 4.79 Å². The maximum absolute atomic E-state index is 11.7. The number of rotatable bonds is 7. The second kappa shape index (κ2) is 8.51. The SMILES string of the molecule is CCCCCCC(=O)NN=C(C)c1ccc(C)cc1C. The molecular weight excluding hydrogens is 248 g/mol. The number of hydrogen-bond donors (Lipinski definition) is 1. The molecule has 0 fully saturated rings. The second-order valence-corrected chi connectivity index (χ2v) is 5.36. The molecule has 0 aliphatic carbocycles. The van der Waals surface area contributed by atoms with Gasteiger partial charge in [0, 0.05) is 12.0 Å². The predicted octanol–water partition coefficient (Wildman–Crippen LogP) is 4.11. The predicted molar refractivity (Wildman–Crippen MR) is 85.0 cm³/mol. The molecule has 0 atom stereocenters. The van der Waals surface area contributed by atoms with Crippen molar-refractivity contribution in [3.8, 4) is 0 Å². The molecule has 1 amide bonds. The molecule has 0 aliphatic heterocycles. The Hall–Kier alpha value is -1.64. The third-order valence-corrected chi connectivity index (χ3v) is 3.38. The van der Waals surface area contributed by atoms with Crippen molar-refractivity contribution >= 4 is 11.6 Å². The molecule has 0 aromatic heterocycles. The third-order valence-electron chi connectivity index (χ3n) is 3.38. The van der Waals surface area contributed by atoms with E-state index in [0.717, 1.165) is 24.1 Å². The molecule has 0 aliphatic rings. The molecule has 1 aromatic carbocycles. The van der Waals surface area contributed by atoms with Crippen molar-refractivity contribution in [3.05, 3.63) is 34.9 Å². The maximum atomic E-state index is 11.7. The molecule has 1 N–H and O–H groups in total. The number of hydrogen-bond acceptors (Lipinski definition) is 2. The van der Waals surface area contributed by atoms with Gasteiger partial charge in [-0.15, -0.1) is 0 Å². The van der Waals surface area contributed by atoms with Gasteiger partial charge in [0.2, 0.25) is 5.91 Å². The fraction of sp³-hybridized carbons (Fsp3) is 0.529. The summed E-state index contributed by atoms with van der Waals surface area (Å²) in [5, 5.41) is 4.20. The summed E-state index contributed by atoms with van der Waals surface area (Å²) in [7, 11) is 0. The van der Waals surface area contributed by atoms with E-state index in [0.29, 0.717) is 6.42 Å². The van der Waals surface area contributed by atoms with Crippen LogP contribution in [-0.2, 0) is 4.79 Å².